The lowest BCUT2D eigenvalue weighted by molar-refractivity contribution is -0.144. The van der Waals surface area contributed by atoms with E-state index in [-0.39, 0.29) is 5.91 Å². The summed E-state index contributed by atoms with van der Waals surface area (Å²) in [4.78, 5) is 30.4. The van der Waals surface area contributed by atoms with Crippen molar-refractivity contribution in [1.82, 2.24) is 14.7 Å². The van der Waals surface area contributed by atoms with Gasteiger partial charge < -0.3 is 10.1 Å². The molecule has 0 bridgehead atoms. The predicted octanol–water partition coefficient (Wildman–Crippen LogP) is 2.29. The highest BCUT2D eigenvalue weighted by Crippen LogP contribution is 2.28. The number of thiazole rings is 1. The minimum absolute atomic E-state index is 0.289. The molecule has 3 aromatic rings. The van der Waals surface area contributed by atoms with E-state index in [0.29, 0.717) is 11.5 Å². The number of ether oxygens (including phenoxy) is 1. The van der Waals surface area contributed by atoms with Gasteiger partial charge in [0.15, 0.2) is 4.96 Å². The summed E-state index contributed by atoms with van der Waals surface area (Å²) in [6.45, 7) is 3.63. The van der Waals surface area contributed by atoms with Crippen LogP contribution in [0.25, 0.3) is 15.3 Å². The summed E-state index contributed by atoms with van der Waals surface area (Å²) in [6.07, 6.45) is 1.92. The largest absolute Gasteiger partial charge is 0.464 e. The monoisotopic (exact) mass is 323 g/mol. The van der Waals surface area contributed by atoms with Gasteiger partial charge in [-0.3, -0.25) is 9.20 Å². The average molecular weight is 323 g/mol. The normalized spacial score (nSPS) is 12.7. The third-order valence-electron chi connectivity index (χ3n) is 2.95. The molecule has 21 heavy (non-hydrogen) atoms. The van der Waals surface area contributed by atoms with Crippen molar-refractivity contribution >= 4 is 49.9 Å². The summed E-state index contributed by atoms with van der Waals surface area (Å²) in [6, 6.07) is 1.12. The number of carbonyl (C=O) groups excluding carboxylic acids is 2. The van der Waals surface area contributed by atoms with Gasteiger partial charge in [-0.2, -0.15) is 0 Å². The summed E-state index contributed by atoms with van der Waals surface area (Å²) in [5, 5.41) is 4.58. The SMILES string of the molecule is CCOC(=O)C(C)NC(=O)c1cc2c(nc3sccn32)s1. The number of amides is 1. The molecule has 1 N–H and O–H groups in total. The molecule has 1 unspecified atom stereocenters. The maximum Gasteiger partial charge on any atom is 0.328 e. The third kappa shape index (κ3) is 2.52. The Labute approximate surface area is 128 Å². The topological polar surface area (TPSA) is 72.7 Å². The van der Waals surface area contributed by atoms with Gasteiger partial charge in [-0.15, -0.1) is 22.7 Å². The first kappa shape index (κ1) is 14.0. The molecule has 0 spiro atoms. The molecule has 1 atom stereocenters. The van der Waals surface area contributed by atoms with Gasteiger partial charge in [-0.1, -0.05) is 0 Å². The molecule has 3 rings (SSSR count). The van der Waals surface area contributed by atoms with Crippen molar-refractivity contribution in [3.8, 4) is 0 Å². The first-order valence-corrected chi connectivity index (χ1v) is 8.12. The number of thiophene rings is 1. The molecule has 0 fully saturated rings. The Balaban J connectivity index is 1.81. The maximum absolute atomic E-state index is 12.2. The zero-order valence-corrected chi connectivity index (χ0v) is 13.1. The van der Waals surface area contributed by atoms with Crippen LogP contribution in [-0.4, -0.2) is 33.9 Å². The highest BCUT2D eigenvalue weighted by molar-refractivity contribution is 7.21. The van der Waals surface area contributed by atoms with E-state index >= 15 is 0 Å². The van der Waals surface area contributed by atoms with E-state index in [2.05, 4.69) is 10.3 Å². The lowest BCUT2D eigenvalue weighted by Crippen LogP contribution is -2.39. The Bertz CT molecular complexity index is 817. The number of esters is 1. The fraction of sp³-hybridized carbons (Fsp3) is 0.308. The molecule has 0 aliphatic heterocycles. The standard InChI is InChI=1S/C13H13N3O3S2/c1-3-19-12(18)7(2)14-10(17)9-6-8-11(21-9)15-13-16(8)4-5-20-13/h4-7H,3H2,1-2H3,(H,14,17). The molecule has 0 aromatic carbocycles. The predicted molar refractivity (Wildman–Crippen MR) is 82.0 cm³/mol. The Kier molecular flexibility index (Phi) is 3.64. The fourth-order valence-electron chi connectivity index (χ4n) is 1.95. The summed E-state index contributed by atoms with van der Waals surface area (Å²) >= 11 is 2.86. The molecule has 8 heteroatoms. The number of nitrogens with zero attached hydrogens (tertiary/aromatic N) is 2. The van der Waals surface area contributed by atoms with E-state index in [1.165, 1.54) is 11.3 Å². The minimum Gasteiger partial charge on any atom is -0.464 e. The summed E-state index contributed by atoms with van der Waals surface area (Å²) < 4.78 is 6.81. The first-order valence-electron chi connectivity index (χ1n) is 6.42. The second-order valence-electron chi connectivity index (χ2n) is 4.42. The second-order valence-corrected chi connectivity index (χ2v) is 6.32. The van der Waals surface area contributed by atoms with Gasteiger partial charge >= 0.3 is 5.97 Å². The van der Waals surface area contributed by atoms with Gasteiger partial charge in [0.05, 0.1) is 17.0 Å². The van der Waals surface area contributed by atoms with Crippen LogP contribution < -0.4 is 5.32 Å². The Morgan fingerprint density at radius 3 is 3.10 bits per heavy atom. The number of rotatable bonds is 4. The number of aromatic nitrogens is 2. The van der Waals surface area contributed by atoms with Gasteiger partial charge in [0.1, 0.15) is 10.9 Å². The molecule has 6 nitrogen and oxygen atoms in total. The van der Waals surface area contributed by atoms with E-state index in [4.69, 9.17) is 4.74 Å². The van der Waals surface area contributed by atoms with E-state index < -0.39 is 12.0 Å². The van der Waals surface area contributed by atoms with Gasteiger partial charge in [-0.05, 0) is 19.9 Å². The number of nitrogens with one attached hydrogen (secondary N) is 1. The van der Waals surface area contributed by atoms with Crippen molar-refractivity contribution in [2.24, 2.45) is 0 Å². The molecular formula is C13H13N3O3S2. The van der Waals surface area contributed by atoms with Gasteiger partial charge in [0.2, 0.25) is 0 Å². The van der Waals surface area contributed by atoms with E-state index in [9.17, 15) is 9.59 Å². The second kappa shape index (κ2) is 5.45. The number of hydrogen-bond acceptors (Lipinski definition) is 6. The highest BCUT2D eigenvalue weighted by Gasteiger charge is 2.20. The van der Waals surface area contributed by atoms with Crippen LogP contribution in [0.15, 0.2) is 17.6 Å². The first-order chi connectivity index (χ1) is 10.1. The number of hydrogen-bond donors (Lipinski definition) is 1. The molecule has 0 saturated carbocycles. The summed E-state index contributed by atoms with van der Waals surface area (Å²) in [7, 11) is 0. The van der Waals surface area contributed by atoms with Crippen molar-refractivity contribution in [2.75, 3.05) is 6.61 Å². The van der Waals surface area contributed by atoms with Crippen LogP contribution in [0, 0.1) is 0 Å². The molecule has 110 valence electrons. The van der Waals surface area contributed by atoms with Crippen molar-refractivity contribution in [1.29, 1.82) is 0 Å². The van der Waals surface area contributed by atoms with Crippen LogP contribution in [0.3, 0.4) is 0 Å². The average Bonchev–Trinajstić information content (AvgIpc) is 3.09. The number of imidazole rings is 1. The molecule has 0 radical (unpaired) electrons. The van der Waals surface area contributed by atoms with Crippen LogP contribution in [0.4, 0.5) is 0 Å². The molecular weight excluding hydrogens is 310 g/mol. The van der Waals surface area contributed by atoms with Crippen molar-refractivity contribution in [3.05, 3.63) is 22.5 Å². The van der Waals surface area contributed by atoms with Crippen LogP contribution >= 0.6 is 22.7 Å². The minimum atomic E-state index is -0.671. The van der Waals surface area contributed by atoms with Crippen molar-refractivity contribution < 1.29 is 14.3 Å². The Morgan fingerprint density at radius 2 is 2.33 bits per heavy atom. The van der Waals surface area contributed by atoms with Crippen LogP contribution in [0.5, 0.6) is 0 Å². The smallest absolute Gasteiger partial charge is 0.328 e. The lowest BCUT2D eigenvalue weighted by Gasteiger charge is -2.11. The van der Waals surface area contributed by atoms with Crippen LogP contribution in [-0.2, 0) is 9.53 Å². The van der Waals surface area contributed by atoms with Gasteiger partial charge in [0.25, 0.3) is 5.91 Å². The third-order valence-corrected chi connectivity index (χ3v) is 4.72. The Morgan fingerprint density at radius 1 is 1.52 bits per heavy atom. The lowest BCUT2D eigenvalue weighted by atomic mass is 10.3. The summed E-state index contributed by atoms with van der Waals surface area (Å²) in [5.41, 5.74) is 0.908. The van der Waals surface area contributed by atoms with Crippen LogP contribution in [0.2, 0.25) is 0 Å². The van der Waals surface area contributed by atoms with E-state index in [1.807, 2.05) is 16.0 Å². The number of fused-ring (bicyclic) bond motifs is 3. The zero-order chi connectivity index (χ0) is 15.0. The van der Waals surface area contributed by atoms with Gasteiger partial charge in [0, 0.05) is 11.6 Å². The summed E-state index contributed by atoms with van der Waals surface area (Å²) in [5.74, 6) is -0.725. The van der Waals surface area contributed by atoms with Crippen molar-refractivity contribution in [3.63, 3.8) is 0 Å². The van der Waals surface area contributed by atoms with Crippen molar-refractivity contribution in [2.45, 2.75) is 19.9 Å². The molecule has 3 aromatic heterocycles. The molecule has 0 aliphatic rings. The van der Waals surface area contributed by atoms with Gasteiger partial charge in [-0.25, -0.2) is 9.78 Å². The van der Waals surface area contributed by atoms with E-state index in [1.54, 1.807) is 31.3 Å². The molecule has 3 heterocycles. The fourth-order valence-corrected chi connectivity index (χ4v) is 3.66. The maximum atomic E-state index is 12.2. The zero-order valence-electron chi connectivity index (χ0n) is 11.5. The quantitative estimate of drug-likeness (QED) is 0.748. The molecule has 0 aliphatic carbocycles. The Hall–Kier alpha value is -1.93. The van der Waals surface area contributed by atoms with Crippen LogP contribution in [0.1, 0.15) is 23.5 Å². The highest BCUT2D eigenvalue weighted by atomic mass is 32.1. The van der Waals surface area contributed by atoms with E-state index in [0.717, 1.165) is 15.3 Å². The molecule has 1 amide bonds. The molecule has 0 saturated heterocycles. The number of carbonyl (C=O) groups is 2.